The average molecular weight is 259 g/mol. The minimum absolute atomic E-state index is 0.283. The predicted octanol–water partition coefficient (Wildman–Crippen LogP) is -0.228. The van der Waals surface area contributed by atoms with E-state index in [1.807, 2.05) is 14.1 Å². The molecule has 0 fully saturated rings. The summed E-state index contributed by atoms with van der Waals surface area (Å²) in [6.45, 7) is 1.14. The molecule has 0 aliphatic carbocycles. The zero-order chi connectivity index (χ0) is 13.3. The molecule has 0 spiro atoms. The van der Waals surface area contributed by atoms with Gasteiger partial charge in [0.15, 0.2) is 0 Å². The van der Waals surface area contributed by atoms with Gasteiger partial charge in [0.05, 0.1) is 20.7 Å². The van der Waals surface area contributed by atoms with E-state index in [4.69, 9.17) is 22.8 Å². The summed E-state index contributed by atoms with van der Waals surface area (Å²) in [5.74, 6) is 0.283. The lowest BCUT2D eigenvalue weighted by atomic mass is 10.3. The van der Waals surface area contributed by atoms with E-state index < -0.39 is 6.16 Å². The first kappa shape index (κ1) is 15.6. The van der Waals surface area contributed by atoms with Gasteiger partial charge in [0.25, 0.3) is 0 Å². The average Bonchev–Trinajstić information content (AvgIpc) is 2.21. The molecule has 0 aliphatic heterocycles. The van der Waals surface area contributed by atoms with Crippen molar-refractivity contribution >= 4 is 18.8 Å². The SMILES string of the molecule is C[NH+](C)CCO.O=C(O)Oc1ccc([S-])cc1. The fourth-order valence-electron chi connectivity index (χ4n) is 0.832. The van der Waals surface area contributed by atoms with Crippen LogP contribution in [0.2, 0.25) is 0 Å². The van der Waals surface area contributed by atoms with Crippen molar-refractivity contribution in [3.63, 3.8) is 0 Å². The Labute approximate surface area is 106 Å². The van der Waals surface area contributed by atoms with Gasteiger partial charge in [-0.15, -0.1) is 0 Å². The molecule has 5 nitrogen and oxygen atoms in total. The monoisotopic (exact) mass is 259 g/mol. The number of quaternary nitrogens is 1. The molecule has 0 bridgehead atoms. The fourth-order valence-corrected chi connectivity index (χ4v) is 0.968. The van der Waals surface area contributed by atoms with Gasteiger partial charge in [-0.1, -0.05) is 12.1 Å². The first-order valence-electron chi connectivity index (χ1n) is 5.03. The van der Waals surface area contributed by atoms with Crippen LogP contribution in [0.15, 0.2) is 29.2 Å². The summed E-state index contributed by atoms with van der Waals surface area (Å²) >= 11 is 4.78. The van der Waals surface area contributed by atoms with Crippen molar-refractivity contribution in [3.05, 3.63) is 24.3 Å². The van der Waals surface area contributed by atoms with Crippen molar-refractivity contribution in [2.75, 3.05) is 27.2 Å². The van der Waals surface area contributed by atoms with Crippen molar-refractivity contribution in [1.29, 1.82) is 0 Å². The Balaban J connectivity index is 0.000000366. The maximum absolute atomic E-state index is 10.0. The van der Waals surface area contributed by atoms with E-state index in [0.29, 0.717) is 11.5 Å². The Bertz CT molecular complexity index is 327. The number of benzene rings is 1. The second-order valence-electron chi connectivity index (χ2n) is 3.52. The van der Waals surface area contributed by atoms with E-state index in [1.54, 1.807) is 12.1 Å². The highest BCUT2D eigenvalue weighted by molar-refractivity contribution is 7.58. The summed E-state index contributed by atoms with van der Waals surface area (Å²) in [5.41, 5.74) is 0. The molecule has 0 radical (unpaired) electrons. The minimum Gasteiger partial charge on any atom is -0.780 e. The number of hydrogen-bond acceptors (Lipinski definition) is 4. The van der Waals surface area contributed by atoms with Crippen molar-refractivity contribution in [2.45, 2.75) is 4.90 Å². The molecular weight excluding hydrogens is 242 g/mol. The Kier molecular flexibility index (Phi) is 8.04. The van der Waals surface area contributed by atoms with Crippen LogP contribution in [0.1, 0.15) is 0 Å². The number of carbonyl (C=O) groups is 1. The number of hydrogen-bond donors (Lipinski definition) is 3. The van der Waals surface area contributed by atoms with Gasteiger partial charge in [0.2, 0.25) is 0 Å². The third kappa shape index (κ3) is 9.55. The minimum atomic E-state index is -1.32. The van der Waals surface area contributed by atoms with Crippen LogP contribution in [-0.4, -0.2) is 43.6 Å². The van der Waals surface area contributed by atoms with E-state index >= 15 is 0 Å². The van der Waals surface area contributed by atoms with Crippen LogP contribution < -0.4 is 9.64 Å². The zero-order valence-corrected chi connectivity index (χ0v) is 10.7. The number of ether oxygens (including phenoxy) is 1. The standard InChI is InChI=1S/C7H6O3S.C4H11NO/c8-7(9)10-5-1-3-6(11)4-2-5;1-5(2)3-4-6/h1-4,11H,(H,8,9);6H,3-4H2,1-2H3. The number of likely N-dealkylation sites (N-methyl/N-ethyl adjacent to an activating group) is 1. The molecule has 0 aromatic heterocycles. The highest BCUT2D eigenvalue weighted by atomic mass is 32.1. The number of rotatable bonds is 3. The molecule has 17 heavy (non-hydrogen) atoms. The molecule has 1 aromatic rings. The Morgan fingerprint density at radius 3 is 2.18 bits per heavy atom. The number of carboxylic acid groups (broad SMARTS) is 1. The van der Waals surface area contributed by atoms with Gasteiger partial charge in [-0.25, -0.2) is 4.79 Å². The lowest BCUT2D eigenvalue weighted by Crippen LogP contribution is -3.06. The van der Waals surface area contributed by atoms with Crippen molar-refractivity contribution in [2.24, 2.45) is 0 Å². The zero-order valence-electron chi connectivity index (χ0n) is 9.84. The first-order chi connectivity index (χ1) is 7.95. The molecule has 0 heterocycles. The summed E-state index contributed by atoms with van der Waals surface area (Å²) < 4.78 is 4.34. The first-order valence-corrected chi connectivity index (χ1v) is 5.44. The van der Waals surface area contributed by atoms with E-state index in [2.05, 4.69) is 4.74 Å². The topological polar surface area (TPSA) is 71.2 Å². The van der Waals surface area contributed by atoms with E-state index in [9.17, 15) is 4.79 Å². The van der Waals surface area contributed by atoms with Crippen LogP contribution in [0.5, 0.6) is 5.75 Å². The van der Waals surface area contributed by atoms with Crippen molar-refractivity contribution < 1.29 is 24.6 Å². The molecule has 0 unspecified atom stereocenters. The largest absolute Gasteiger partial charge is 0.780 e. The van der Waals surface area contributed by atoms with E-state index in [0.717, 1.165) is 6.54 Å². The summed E-state index contributed by atoms with van der Waals surface area (Å²) in [6.07, 6.45) is -1.32. The van der Waals surface area contributed by atoms with E-state index in [-0.39, 0.29) is 5.75 Å². The lowest BCUT2D eigenvalue weighted by Gasteiger charge is -2.04. The molecule has 0 atom stereocenters. The van der Waals surface area contributed by atoms with E-state index in [1.165, 1.54) is 17.0 Å². The van der Waals surface area contributed by atoms with Crippen LogP contribution >= 0.6 is 0 Å². The van der Waals surface area contributed by atoms with Gasteiger partial charge < -0.3 is 32.5 Å². The van der Waals surface area contributed by atoms with Crippen LogP contribution in [-0.2, 0) is 12.6 Å². The molecule has 1 aromatic carbocycles. The molecule has 96 valence electrons. The smallest absolute Gasteiger partial charge is 0.511 e. The van der Waals surface area contributed by atoms with Crippen LogP contribution in [0.3, 0.4) is 0 Å². The summed E-state index contributed by atoms with van der Waals surface area (Å²) in [5, 5.41) is 16.4. The van der Waals surface area contributed by atoms with Crippen molar-refractivity contribution in [3.8, 4) is 5.75 Å². The van der Waals surface area contributed by atoms with Gasteiger partial charge in [0.1, 0.15) is 12.3 Å². The van der Waals surface area contributed by atoms with Gasteiger partial charge in [0, 0.05) is 0 Å². The molecule has 0 saturated carbocycles. The summed E-state index contributed by atoms with van der Waals surface area (Å²) in [6, 6.07) is 6.23. The highest BCUT2D eigenvalue weighted by Gasteiger charge is 1.96. The molecule has 1 rings (SSSR count). The van der Waals surface area contributed by atoms with Gasteiger partial charge in [-0.05, 0) is 12.1 Å². The number of aliphatic hydroxyl groups excluding tert-OH is 1. The molecular formula is C11H17NO4S. The second-order valence-corrected chi connectivity index (χ2v) is 3.99. The number of aliphatic hydroxyl groups is 1. The van der Waals surface area contributed by atoms with Gasteiger partial charge >= 0.3 is 6.16 Å². The maximum Gasteiger partial charge on any atom is 0.511 e. The maximum atomic E-state index is 10.0. The Morgan fingerprint density at radius 2 is 1.88 bits per heavy atom. The summed E-state index contributed by atoms with van der Waals surface area (Å²) in [4.78, 5) is 12.0. The second kappa shape index (κ2) is 8.74. The molecule has 0 saturated heterocycles. The fraction of sp³-hybridized carbons (Fsp3) is 0.364. The third-order valence-corrected chi connectivity index (χ3v) is 1.91. The van der Waals surface area contributed by atoms with Gasteiger partial charge in [-0.2, -0.15) is 4.90 Å². The lowest BCUT2D eigenvalue weighted by molar-refractivity contribution is -0.858. The highest BCUT2D eigenvalue weighted by Crippen LogP contribution is 2.11. The Morgan fingerprint density at radius 1 is 1.35 bits per heavy atom. The van der Waals surface area contributed by atoms with Crippen LogP contribution in [0.4, 0.5) is 4.79 Å². The third-order valence-electron chi connectivity index (χ3n) is 1.64. The molecule has 6 heteroatoms. The Hall–Kier alpha value is -1.37. The molecule has 0 aliphatic rings. The molecule has 0 amide bonds. The normalized spacial score (nSPS) is 9.41. The summed E-state index contributed by atoms with van der Waals surface area (Å²) in [7, 11) is 4.02. The van der Waals surface area contributed by atoms with Crippen molar-refractivity contribution in [1.82, 2.24) is 0 Å². The van der Waals surface area contributed by atoms with Crippen LogP contribution in [0.25, 0.3) is 0 Å². The molecule has 3 N–H and O–H groups in total. The van der Waals surface area contributed by atoms with Crippen LogP contribution in [0, 0.1) is 0 Å². The quantitative estimate of drug-likeness (QED) is 0.397. The predicted molar refractivity (Wildman–Crippen MR) is 65.5 cm³/mol. The number of nitrogens with one attached hydrogen (secondary N) is 1. The van der Waals surface area contributed by atoms with Gasteiger partial charge in [-0.3, -0.25) is 0 Å².